The van der Waals surface area contributed by atoms with Crippen molar-refractivity contribution in [3.05, 3.63) is 29.3 Å². The predicted octanol–water partition coefficient (Wildman–Crippen LogP) is 4.36. The summed E-state index contributed by atoms with van der Waals surface area (Å²) in [6, 6.07) is 7.13. The van der Waals surface area contributed by atoms with E-state index < -0.39 is 0 Å². The molecule has 2 nitrogen and oxygen atoms in total. The number of benzene rings is 1. The quantitative estimate of drug-likeness (QED) is 0.768. The van der Waals surface area contributed by atoms with Gasteiger partial charge in [-0.15, -0.1) is 0 Å². The van der Waals surface area contributed by atoms with Gasteiger partial charge in [0, 0.05) is 6.04 Å². The fourth-order valence-corrected chi connectivity index (χ4v) is 3.02. The maximum atomic E-state index is 6.09. The highest BCUT2D eigenvalue weighted by atomic mass is 16.5. The molecule has 0 aromatic heterocycles. The van der Waals surface area contributed by atoms with Crippen LogP contribution in [0.3, 0.4) is 0 Å². The smallest absolute Gasteiger partial charge is 0.119 e. The maximum Gasteiger partial charge on any atom is 0.119 e. The van der Waals surface area contributed by atoms with Crippen LogP contribution < -0.4 is 10.1 Å². The number of hydrogen-bond donors (Lipinski definition) is 1. The Morgan fingerprint density at radius 1 is 1.14 bits per heavy atom. The Bertz CT molecular complexity index is 430. The molecule has 2 rings (SSSR count). The molecule has 0 amide bonds. The van der Waals surface area contributed by atoms with E-state index in [0.717, 1.165) is 18.9 Å². The van der Waals surface area contributed by atoms with Gasteiger partial charge in [-0.25, -0.2) is 0 Å². The van der Waals surface area contributed by atoms with Crippen molar-refractivity contribution < 1.29 is 4.74 Å². The molecule has 0 fully saturated rings. The third-order valence-electron chi connectivity index (χ3n) is 4.74. The minimum absolute atomic E-state index is 0.450. The summed E-state index contributed by atoms with van der Waals surface area (Å²) in [7, 11) is 0. The lowest BCUT2D eigenvalue weighted by Gasteiger charge is -2.25. The molecule has 2 unspecified atom stereocenters. The summed E-state index contributed by atoms with van der Waals surface area (Å²) in [6.07, 6.45) is 7.48. The summed E-state index contributed by atoms with van der Waals surface area (Å²) in [6.45, 7) is 8.62. The van der Waals surface area contributed by atoms with Crippen molar-refractivity contribution in [2.45, 2.75) is 65.3 Å². The van der Waals surface area contributed by atoms with E-state index in [2.05, 4.69) is 44.3 Å². The lowest BCUT2D eigenvalue weighted by atomic mass is 9.92. The summed E-state index contributed by atoms with van der Waals surface area (Å²) in [5.74, 6) is 1.69. The van der Waals surface area contributed by atoms with E-state index in [-0.39, 0.29) is 0 Å². The van der Waals surface area contributed by atoms with Gasteiger partial charge in [0.25, 0.3) is 0 Å². The van der Waals surface area contributed by atoms with Gasteiger partial charge in [0.2, 0.25) is 0 Å². The van der Waals surface area contributed by atoms with Gasteiger partial charge in [0.15, 0.2) is 0 Å². The number of ether oxygens (including phenoxy) is 1. The van der Waals surface area contributed by atoms with Crippen LogP contribution >= 0.6 is 0 Å². The SMILES string of the molecule is CCCNC(COc1ccc2c(c1)CCCC2)C(C)CC. The third kappa shape index (κ3) is 4.74. The van der Waals surface area contributed by atoms with Crippen molar-refractivity contribution in [3.63, 3.8) is 0 Å². The fraction of sp³-hybridized carbons (Fsp3) is 0.684. The molecule has 0 aliphatic heterocycles. The van der Waals surface area contributed by atoms with E-state index in [1.54, 1.807) is 0 Å². The molecule has 0 heterocycles. The second-order valence-electron chi connectivity index (χ2n) is 6.39. The van der Waals surface area contributed by atoms with Crippen LogP contribution in [-0.2, 0) is 12.8 Å². The Hall–Kier alpha value is -1.02. The van der Waals surface area contributed by atoms with Gasteiger partial charge in [0.05, 0.1) is 0 Å². The van der Waals surface area contributed by atoms with Crippen LogP contribution in [0.5, 0.6) is 5.75 Å². The highest BCUT2D eigenvalue weighted by Crippen LogP contribution is 2.25. The third-order valence-corrected chi connectivity index (χ3v) is 4.74. The minimum Gasteiger partial charge on any atom is -0.492 e. The van der Waals surface area contributed by atoms with E-state index in [9.17, 15) is 0 Å². The normalized spacial score (nSPS) is 17.1. The Morgan fingerprint density at radius 2 is 1.90 bits per heavy atom. The van der Waals surface area contributed by atoms with Gasteiger partial charge in [-0.3, -0.25) is 0 Å². The van der Waals surface area contributed by atoms with Crippen LogP contribution in [0.25, 0.3) is 0 Å². The monoisotopic (exact) mass is 289 g/mol. The largest absolute Gasteiger partial charge is 0.492 e. The van der Waals surface area contributed by atoms with Crippen LogP contribution in [0, 0.1) is 5.92 Å². The van der Waals surface area contributed by atoms with E-state index >= 15 is 0 Å². The average molecular weight is 289 g/mol. The maximum absolute atomic E-state index is 6.09. The molecule has 2 atom stereocenters. The highest BCUT2D eigenvalue weighted by molar-refractivity contribution is 5.37. The first-order chi connectivity index (χ1) is 10.2. The zero-order valence-electron chi connectivity index (χ0n) is 14.0. The summed E-state index contributed by atoms with van der Waals surface area (Å²) in [4.78, 5) is 0. The van der Waals surface area contributed by atoms with Crippen LogP contribution in [0.4, 0.5) is 0 Å². The standard InChI is InChI=1S/C19H31NO/c1-4-12-20-19(15(3)5-2)14-21-18-11-10-16-8-6-7-9-17(16)13-18/h10-11,13,15,19-20H,4-9,12,14H2,1-3H3. The minimum atomic E-state index is 0.450. The van der Waals surface area contributed by atoms with Crippen molar-refractivity contribution in [2.24, 2.45) is 5.92 Å². The van der Waals surface area contributed by atoms with Gasteiger partial charge in [-0.1, -0.05) is 33.3 Å². The van der Waals surface area contributed by atoms with Crippen molar-refractivity contribution >= 4 is 0 Å². The van der Waals surface area contributed by atoms with E-state index in [1.807, 2.05) is 0 Å². The Balaban J connectivity index is 1.93. The number of aryl methyl sites for hydroxylation is 2. The molecule has 1 aromatic rings. The molecular formula is C19H31NO. The molecule has 0 saturated heterocycles. The van der Waals surface area contributed by atoms with Crippen LogP contribution in [0.1, 0.15) is 57.6 Å². The highest BCUT2D eigenvalue weighted by Gasteiger charge is 2.16. The molecule has 1 aromatic carbocycles. The molecule has 118 valence electrons. The summed E-state index contributed by atoms with van der Waals surface area (Å²) >= 11 is 0. The molecule has 0 bridgehead atoms. The number of fused-ring (bicyclic) bond motifs is 1. The van der Waals surface area contributed by atoms with Crippen LogP contribution in [0.2, 0.25) is 0 Å². The van der Waals surface area contributed by atoms with Crippen LogP contribution in [-0.4, -0.2) is 19.2 Å². The summed E-state index contributed by atoms with van der Waals surface area (Å²) in [5.41, 5.74) is 3.02. The average Bonchev–Trinajstić information content (AvgIpc) is 2.54. The molecular weight excluding hydrogens is 258 g/mol. The van der Waals surface area contributed by atoms with Gasteiger partial charge in [-0.05, 0) is 67.8 Å². The van der Waals surface area contributed by atoms with Gasteiger partial charge in [0.1, 0.15) is 12.4 Å². The van der Waals surface area contributed by atoms with Crippen LogP contribution in [0.15, 0.2) is 18.2 Å². The summed E-state index contributed by atoms with van der Waals surface area (Å²) in [5, 5.41) is 3.63. The zero-order valence-corrected chi connectivity index (χ0v) is 14.0. The number of hydrogen-bond acceptors (Lipinski definition) is 2. The Kier molecular flexibility index (Phi) is 6.56. The van der Waals surface area contributed by atoms with E-state index in [1.165, 1.54) is 49.7 Å². The zero-order chi connectivity index (χ0) is 15.1. The number of nitrogens with one attached hydrogen (secondary N) is 1. The first-order valence-electron chi connectivity index (χ1n) is 8.72. The van der Waals surface area contributed by atoms with Gasteiger partial charge in [-0.2, -0.15) is 0 Å². The lowest BCUT2D eigenvalue weighted by molar-refractivity contribution is 0.220. The van der Waals surface area contributed by atoms with Gasteiger partial charge < -0.3 is 10.1 Å². The van der Waals surface area contributed by atoms with E-state index in [4.69, 9.17) is 4.74 Å². The summed E-state index contributed by atoms with van der Waals surface area (Å²) < 4.78 is 6.09. The first-order valence-corrected chi connectivity index (χ1v) is 8.72. The van der Waals surface area contributed by atoms with Crippen molar-refractivity contribution in [1.82, 2.24) is 5.32 Å². The molecule has 0 saturated carbocycles. The molecule has 1 aliphatic carbocycles. The number of rotatable bonds is 8. The molecule has 0 spiro atoms. The van der Waals surface area contributed by atoms with Crippen molar-refractivity contribution in [2.75, 3.05) is 13.2 Å². The Morgan fingerprint density at radius 3 is 2.62 bits per heavy atom. The fourth-order valence-electron chi connectivity index (χ4n) is 3.02. The molecule has 2 heteroatoms. The second kappa shape index (κ2) is 8.43. The molecule has 1 aliphatic rings. The van der Waals surface area contributed by atoms with Crippen molar-refractivity contribution in [1.29, 1.82) is 0 Å². The molecule has 21 heavy (non-hydrogen) atoms. The predicted molar refractivity (Wildman–Crippen MR) is 90.1 cm³/mol. The topological polar surface area (TPSA) is 21.3 Å². The molecule has 0 radical (unpaired) electrons. The first kappa shape index (κ1) is 16.4. The molecule has 1 N–H and O–H groups in total. The lowest BCUT2D eigenvalue weighted by Crippen LogP contribution is -2.40. The Labute approximate surface area is 130 Å². The van der Waals surface area contributed by atoms with Gasteiger partial charge >= 0.3 is 0 Å². The second-order valence-corrected chi connectivity index (χ2v) is 6.39. The van der Waals surface area contributed by atoms with Crippen molar-refractivity contribution in [3.8, 4) is 5.75 Å². The van der Waals surface area contributed by atoms with E-state index in [0.29, 0.717) is 12.0 Å².